The van der Waals surface area contributed by atoms with Crippen molar-refractivity contribution in [3.8, 4) is 0 Å². The Morgan fingerprint density at radius 3 is 2.92 bits per heavy atom. The van der Waals surface area contributed by atoms with Crippen LogP contribution in [-0.4, -0.2) is 36.8 Å². The van der Waals surface area contributed by atoms with Crippen LogP contribution in [0.4, 0.5) is 0 Å². The highest BCUT2D eigenvalue weighted by molar-refractivity contribution is 7.98. The topological polar surface area (TPSA) is 21.3 Å². The molecule has 3 heteroatoms. The van der Waals surface area contributed by atoms with E-state index in [-0.39, 0.29) is 0 Å². The normalized spacial score (nSPS) is 32.2. The summed E-state index contributed by atoms with van der Waals surface area (Å²) in [6.07, 6.45) is 3.71. The lowest BCUT2D eigenvalue weighted by atomic mass is 10.1. The molecule has 0 bridgehead atoms. The summed E-state index contributed by atoms with van der Waals surface area (Å²) in [6, 6.07) is 1.18. The van der Waals surface area contributed by atoms with Crippen molar-refractivity contribution in [1.82, 2.24) is 5.32 Å². The first-order valence-electron chi connectivity index (χ1n) is 4.60. The van der Waals surface area contributed by atoms with Crippen molar-refractivity contribution in [1.29, 1.82) is 0 Å². The molecule has 1 rings (SSSR count). The Hall–Kier alpha value is 0.270. The van der Waals surface area contributed by atoms with Crippen LogP contribution in [0.15, 0.2) is 0 Å². The number of nitrogens with one attached hydrogen (secondary N) is 1. The van der Waals surface area contributed by atoms with Crippen LogP contribution < -0.4 is 5.32 Å². The highest BCUT2D eigenvalue weighted by atomic mass is 32.2. The summed E-state index contributed by atoms with van der Waals surface area (Å²) in [6.45, 7) is 5.31. The van der Waals surface area contributed by atoms with Gasteiger partial charge in [0.1, 0.15) is 0 Å². The van der Waals surface area contributed by atoms with E-state index in [9.17, 15) is 0 Å². The van der Waals surface area contributed by atoms with Gasteiger partial charge in [-0.05, 0) is 26.5 Å². The van der Waals surface area contributed by atoms with Gasteiger partial charge < -0.3 is 10.1 Å². The van der Waals surface area contributed by atoms with Crippen LogP contribution in [0, 0.1) is 0 Å². The molecule has 1 N–H and O–H groups in total. The van der Waals surface area contributed by atoms with Crippen LogP contribution in [0.3, 0.4) is 0 Å². The van der Waals surface area contributed by atoms with Crippen molar-refractivity contribution in [2.24, 2.45) is 0 Å². The fourth-order valence-electron chi connectivity index (χ4n) is 1.61. The summed E-state index contributed by atoms with van der Waals surface area (Å²) in [7, 11) is 0. The van der Waals surface area contributed by atoms with E-state index < -0.39 is 0 Å². The summed E-state index contributed by atoms with van der Waals surface area (Å²) in [5.74, 6) is 1.18. The van der Waals surface area contributed by atoms with Gasteiger partial charge in [-0.25, -0.2) is 0 Å². The van der Waals surface area contributed by atoms with E-state index in [4.69, 9.17) is 4.74 Å². The molecule has 0 amide bonds. The maximum atomic E-state index is 5.48. The number of hydrogen-bond donors (Lipinski definition) is 1. The second-order valence-electron chi connectivity index (χ2n) is 3.49. The number of ether oxygens (including phenoxy) is 1. The standard InChI is InChI=1S/C9H19NOS/c1-7(6-12-3)10-9-4-5-11-8(9)2/h7-10H,4-6H2,1-3H3. The van der Waals surface area contributed by atoms with E-state index in [0.717, 1.165) is 6.61 Å². The molecule has 1 aliphatic rings. The molecule has 1 heterocycles. The molecule has 0 saturated carbocycles. The first-order chi connectivity index (χ1) is 5.74. The van der Waals surface area contributed by atoms with E-state index in [2.05, 4.69) is 25.4 Å². The van der Waals surface area contributed by atoms with Crippen LogP contribution in [0.2, 0.25) is 0 Å². The molecule has 12 heavy (non-hydrogen) atoms. The van der Waals surface area contributed by atoms with E-state index in [0.29, 0.717) is 18.2 Å². The zero-order valence-electron chi connectivity index (χ0n) is 8.17. The molecule has 1 fully saturated rings. The summed E-state index contributed by atoms with van der Waals surface area (Å²) in [5.41, 5.74) is 0. The zero-order valence-corrected chi connectivity index (χ0v) is 8.99. The van der Waals surface area contributed by atoms with Crippen LogP contribution >= 0.6 is 11.8 Å². The van der Waals surface area contributed by atoms with Crippen LogP contribution in [0.1, 0.15) is 20.3 Å². The zero-order chi connectivity index (χ0) is 8.97. The molecule has 0 spiro atoms. The summed E-state index contributed by atoms with van der Waals surface area (Å²) < 4.78 is 5.48. The molecule has 1 saturated heterocycles. The van der Waals surface area contributed by atoms with Gasteiger partial charge in [0.2, 0.25) is 0 Å². The lowest BCUT2D eigenvalue weighted by molar-refractivity contribution is 0.112. The Labute approximate surface area is 79.4 Å². The Morgan fingerprint density at radius 1 is 1.67 bits per heavy atom. The van der Waals surface area contributed by atoms with Gasteiger partial charge in [0.05, 0.1) is 6.10 Å². The first-order valence-corrected chi connectivity index (χ1v) is 6.00. The summed E-state index contributed by atoms with van der Waals surface area (Å²) >= 11 is 1.89. The minimum atomic E-state index is 0.398. The molecule has 3 unspecified atom stereocenters. The number of thioether (sulfide) groups is 1. The maximum absolute atomic E-state index is 5.48. The molecule has 0 radical (unpaired) electrons. The predicted octanol–water partition coefficient (Wildman–Crippen LogP) is 1.50. The molecule has 1 aliphatic heterocycles. The van der Waals surface area contributed by atoms with E-state index in [1.165, 1.54) is 12.2 Å². The van der Waals surface area contributed by atoms with Crippen molar-refractivity contribution in [2.45, 2.75) is 38.5 Å². The first kappa shape index (κ1) is 10.4. The Kier molecular flexibility index (Phi) is 4.40. The van der Waals surface area contributed by atoms with Gasteiger partial charge in [-0.2, -0.15) is 11.8 Å². The van der Waals surface area contributed by atoms with Crippen molar-refractivity contribution in [3.05, 3.63) is 0 Å². The average molecular weight is 189 g/mol. The Balaban J connectivity index is 2.20. The van der Waals surface area contributed by atoms with Gasteiger partial charge in [-0.15, -0.1) is 0 Å². The molecule has 3 atom stereocenters. The smallest absolute Gasteiger partial charge is 0.0700 e. The third kappa shape index (κ3) is 2.96. The summed E-state index contributed by atoms with van der Waals surface area (Å²) in [5, 5.41) is 3.58. The molecular formula is C9H19NOS. The third-order valence-electron chi connectivity index (χ3n) is 2.29. The molecule has 0 aromatic heterocycles. The van der Waals surface area contributed by atoms with E-state index in [1.54, 1.807) is 0 Å². The Bertz CT molecular complexity index is 132. The lowest BCUT2D eigenvalue weighted by Crippen LogP contribution is -2.41. The van der Waals surface area contributed by atoms with Gasteiger partial charge in [0.15, 0.2) is 0 Å². The minimum Gasteiger partial charge on any atom is -0.377 e. The average Bonchev–Trinajstić information content (AvgIpc) is 2.37. The van der Waals surface area contributed by atoms with Gasteiger partial charge in [0.25, 0.3) is 0 Å². The van der Waals surface area contributed by atoms with Crippen LogP contribution in [0.5, 0.6) is 0 Å². The molecule has 0 aromatic rings. The fraction of sp³-hybridized carbons (Fsp3) is 1.00. The highest BCUT2D eigenvalue weighted by Crippen LogP contribution is 2.13. The fourth-order valence-corrected chi connectivity index (χ4v) is 2.21. The molecule has 72 valence electrons. The quantitative estimate of drug-likeness (QED) is 0.724. The molecule has 0 aliphatic carbocycles. The van der Waals surface area contributed by atoms with Crippen LogP contribution in [-0.2, 0) is 4.74 Å². The second kappa shape index (κ2) is 5.10. The van der Waals surface area contributed by atoms with Crippen molar-refractivity contribution in [2.75, 3.05) is 18.6 Å². The van der Waals surface area contributed by atoms with Gasteiger partial charge in [0, 0.05) is 24.4 Å². The Morgan fingerprint density at radius 2 is 2.42 bits per heavy atom. The monoisotopic (exact) mass is 189 g/mol. The van der Waals surface area contributed by atoms with Gasteiger partial charge in [-0.1, -0.05) is 0 Å². The van der Waals surface area contributed by atoms with Crippen LogP contribution in [0.25, 0.3) is 0 Å². The van der Waals surface area contributed by atoms with Crippen molar-refractivity contribution < 1.29 is 4.74 Å². The SMILES string of the molecule is CSCC(C)NC1CCOC1C. The highest BCUT2D eigenvalue weighted by Gasteiger charge is 2.24. The van der Waals surface area contributed by atoms with Gasteiger partial charge in [-0.3, -0.25) is 0 Å². The van der Waals surface area contributed by atoms with E-state index >= 15 is 0 Å². The number of hydrogen-bond acceptors (Lipinski definition) is 3. The van der Waals surface area contributed by atoms with Gasteiger partial charge >= 0.3 is 0 Å². The second-order valence-corrected chi connectivity index (χ2v) is 4.40. The molecule has 2 nitrogen and oxygen atoms in total. The van der Waals surface area contributed by atoms with Crippen molar-refractivity contribution in [3.63, 3.8) is 0 Å². The third-order valence-corrected chi connectivity index (χ3v) is 3.12. The predicted molar refractivity (Wildman–Crippen MR) is 54.8 cm³/mol. The molecule has 0 aromatic carbocycles. The molecular weight excluding hydrogens is 170 g/mol. The number of rotatable bonds is 4. The summed E-state index contributed by atoms with van der Waals surface area (Å²) in [4.78, 5) is 0. The van der Waals surface area contributed by atoms with Crippen molar-refractivity contribution >= 4 is 11.8 Å². The van der Waals surface area contributed by atoms with E-state index in [1.807, 2.05) is 11.8 Å². The maximum Gasteiger partial charge on any atom is 0.0700 e. The lowest BCUT2D eigenvalue weighted by Gasteiger charge is -2.20. The minimum absolute atomic E-state index is 0.398. The largest absolute Gasteiger partial charge is 0.377 e.